The maximum atomic E-state index is 13.4. The molecular weight excluding hydrogens is 406 g/mol. The third-order valence-electron chi connectivity index (χ3n) is 5.92. The number of nitrogens with one attached hydrogen (secondary N) is 1. The fourth-order valence-electron chi connectivity index (χ4n) is 4.35. The first kappa shape index (κ1) is 21.9. The maximum absolute atomic E-state index is 13.4. The molecule has 4 rings (SSSR count). The van der Waals surface area contributed by atoms with Crippen LogP contribution in [0.4, 0.5) is 0 Å². The normalized spacial score (nSPS) is 15.0. The number of aryl methyl sites for hydroxylation is 2. The molecule has 1 unspecified atom stereocenters. The van der Waals surface area contributed by atoms with Gasteiger partial charge in [-0.1, -0.05) is 38.3 Å². The van der Waals surface area contributed by atoms with Crippen LogP contribution in [0, 0.1) is 13.8 Å². The highest BCUT2D eigenvalue weighted by Crippen LogP contribution is 2.36. The molecule has 0 bridgehead atoms. The van der Waals surface area contributed by atoms with Crippen molar-refractivity contribution in [3.8, 4) is 11.5 Å². The number of unbranched alkanes of at least 4 members (excludes halogenated alkanes) is 3. The van der Waals surface area contributed by atoms with Crippen LogP contribution in [0.3, 0.4) is 0 Å². The Morgan fingerprint density at radius 2 is 1.84 bits per heavy atom. The summed E-state index contributed by atoms with van der Waals surface area (Å²) >= 11 is 0. The SMILES string of the molecule is CCCCCCOc1ccc(C2NC(=O)c3oc4cc(C)cc(C)c4c(=O)c32)cc1OC. The zero-order valence-corrected chi connectivity index (χ0v) is 19.0. The van der Waals surface area contributed by atoms with Gasteiger partial charge in [0.15, 0.2) is 16.9 Å². The molecule has 0 fully saturated rings. The summed E-state index contributed by atoms with van der Waals surface area (Å²) in [5.41, 5.74) is 3.14. The predicted molar refractivity (Wildman–Crippen MR) is 124 cm³/mol. The predicted octanol–water partition coefficient (Wildman–Crippen LogP) is 5.21. The van der Waals surface area contributed by atoms with Crippen molar-refractivity contribution in [2.75, 3.05) is 13.7 Å². The van der Waals surface area contributed by atoms with Crippen LogP contribution in [0.2, 0.25) is 0 Å². The van der Waals surface area contributed by atoms with E-state index in [0.29, 0.717) is 34.6 Å². The van der Waals surface area contributed by atoms with Crippen molar-refractivity contribution in [2.24, 2.45) is 0 Å². The van der Waals surface area contributed by atoms with Gasteiger partial charge in [0.25, 0.3) is 5.91 Å². The molecule has 32 heavy (non-hydrogen) atoms. The molecule has 0 spiro atoms. The van der Waals surface area contributed by atoms with Gasteiger partial charge in [0.05, 0.1) is 30.7 Å². The second-order valence-corrected chi connectivity index (χ2v) is 8.35. The van der Waals surface area contributed by atoms with Crippen molar-refractivity contribution in [1.29, 1.82) is 0 Å². The van der Waals surface area contributed by atoms with E-state index < -0.39 is 11.9 Å². The number of fused-ring (bicyclic) bond motifs is 2. The lowest BCUT2D eigenvalue weighted by atomic mass is 9.97. The molecule has 1 aliphatic heterocycles. The zero-order chi connectivity index (χ0) is 22.8. The van der Waals surface area contributed by atoms with Crippen LogP contribution < -0.4 is 20.2 Å². The van der Waals surface area contributed by atoms with Crippen molar-refractivity contribution >= 4 is 16.9 Å². The van der Waals surface area contributed by atoms with Gasteiger partial charge < -0.3 is 19.2 Å². The summed E-state index contributed by atoms with van der Waals surface area (Å²) in [4.78, 5) is 26.1. The molecule has 0 aliphatic carbocycles. The number of amides is 1. The Balaban J connectivity index is 1.70. The molecule has 0 radical (unpaired) electrons. The summed E-state index contributed by atoms with van der Waals surface area (Å²) in [7, 11) is 1.58. The molecule has 1 aliphatic rings. The van der Waals surface area contributed by atoms with Crippen LogP contribution in [-0.2, 0) is 0 Å². The average Bonchev–Trinajstić information content (AvgIpc) is 3.10. The highest BCUT2D eigenvalue weighted by atomic mass is 16.5. The van der Waals surface area contributed by atoms with E-state index in [2.05, 4.69) is 12.2 Å². The summed E-state index contributed by atoms with van der Waals surface area (Å²) in [6.07, 6.45) is 4.48. The van der Waals surface area contributed by atoms with Crippen LogP contribution in [0.1, 0.15) is 71.5 Å². The standard InChI is InChI=1S/C26H29NO5/c1-5-6-7-8-11-31-18-10-9-17(14-19(18)30-4)23-22-24(28)21-16(3)12-15(2)13-20(21)32-25(22)26(29)27-23/h9-10,12-14,23H,5-8,11H2,1-4H3,(H,27,29). The van der Waals surface area contributed by atoms with E-state index in [0.717, 1.165) is 29.5 Å². The lowest BCUT2D eigenvalue weighted by molar-refractivity contribution is 0.0938. The van der Waals surface area contributed by atoms with E-state index in [4.69, 9.17) is 13.9 Å². The highest BCUT2D eigenvalue weighted by molar-refractivity contribution is 5.99. The quantitative estimate of drug-likeness (QED) is 0.492. The van der Waals surface area contributed by atoms with Crippen LogP contribution >= 0.6 is 0 Å². The van der Waals surface area contributed by atoms with Crippen molar-refractivity contribution < 1.29 is 18.7 Å². The van der Waals surface area contributed by atoms with Crippen LogP contribution in [-0.4, -0.2) is 19.6 Å². The molecule has 1 aromatic heterocycles. The third kappa shape index (κ3) is 3.97. The lowest BCUT2D eigenvalue weighted by Gasteiger charge is -2.16. The van der Waals surface area contributed by atoms with Gasteiger partial charge in [-0.3, -0.25) is 9.59 Å². The third-order valence-corrected chi connectivity index (χ3v) is 5.92. The molecule has 1 N–H and O–H groups in total. The minimum Gasteiger partial charge on any atom is -0.493 e. The molecule has 1 amide bonds. The number of benzene rings is 2. The monoisotopic (exact) mass is 435 g/mol. The minimum absolute atomic E-state index is 0.0766. The Kier molecular flexibility index (Phi) is 6.21. The molecule has 6 nitrogen and oxygen atoms in total. The Morgan fingerprint density at radius 3 is 2.59 bits per heavy atom. The molecule has 0 saturated carbocycles. The molecule has 3 aromatic rings. The van der Waals surface area contributed by atoms with E-state index in [-0.39, 0.29) is 11.2 Å². The van der Waals surface area contributed by atoms with Gasteiger partial charge in [0.1, 0.15) is 5.58 Å². The largest absolute Gasteiger partial charge is 0.493 e. The maximum Gasteiger partial charge on any atom is 0.288 e. The minimum atomic E-state index is -0.605. The van der Waals surface area contributed by atoms with Crippen LogP contribution in [0.15, 0.2) is 39.5 Å². The van der Waals surface area contributed by atoms with Gasteiger partial charge >= 0.3 is 0 Å². The highest BCUT2D eigenvalue weighted by Gasteiger charge is 2.36. The first-order chi connectivity index (χ1) is 15.4. The summed E-state index contributed by atoms with van der Waals surface area (Å²) in [5.74, 6) is 0.901. The van der Waals surface area contributed by atoms with Gasteiger partial charge in [-0.2, -0.15) is 0 Å². The van der Waals surface area contributed by atoms with Gasteiger partial charge in [0, 0.05) is 0 Å². The summed E-state index contributed by atoms with van der Waals surface area (Å²) < 4.78 is 17.3. The molecular formula is C26H29NO5. The summed E-state index contributed by atoms with van der Waals surface area (Å²) in [6.45, 7) is 6.61. The van der Waals surface area contributed by atoms with Gasteiger partial charge in [-0.05, 0) is 55.2 Å². The number of rotatable bonds is 8. The Labute approximate surface area is 187 Å². The van der Waals surface area contributed by atoms with E-state index in [9.17, 15) is 9.59 Å². The molecule has 0 saturated heterocycles. The van der Waals surface area contributed by atoms with Gasteiger partial charge in [-0.25, -0.2) is 0 Å². The summed E-state index contributed by atoms with van der Waals surface area (Å²) in [6, 6.07) is 8.63. The first-order valence-electron chi connectivity index (χ1n) is 11.1. The van der Waals surface area contributed by atoms with E-state index in [1.807, 2.05) is 38.1 Å². The number of carbonyl (C=O) groups excluding carboxylic acids is 1. The van der Waals surface area contributed by atoms with Crippen molar-refractivity contribution in [3.05, 3.63) is 68.6 Å². The smallest absolute Gasteiger partial charge is 0.288 e. The molecule has 1 atom stereocenters. The lowest BCUT2D eigenvalue weighted by Crippen LogP contribution is -2.22. The molecule has 168 valence electrons. The average molecular weight is 436 g/mol. The van der Waals surface area contributed by atoms with Crippen molar-refractivity contribution in [3.63, 3.8) is 0 Å². The van der Waals surface area contributed by atoms with Crippen molar-refractivity contribution in [2.45, 2.75) is 52.5 Å². The Hall–Kier alpha value is -3.28. The number of methoxy groups -OCH3 is 1. The van der Waals surface area contributed by atoms with Gasteiger partial charge in [-0.15, -0.1) is 0 Å². The number of ether oxygens (including phenoxy) is 2. The number of hydrogen-bond donors (Lipinski definition) is 1. The Morgan fingerprint density at radius 1 is 1.03 bits per heavy atom. The van der Waals surface area contributed by atoms with Crippen LogP contribution in [0.25, 0.3) is 11.0 Å². The molecule has 2 aromatic carbocycles. The van der Waals surface area contributed by atoms with E-state index in [1.165, 1.54) is 12.8 Å². The van der Waals surface area contributed by atoms with E-state index in [1.54, 1.807) is 13.2 Å². The molecule has 2 heterocycles. The van der Waals surface area contributed by atoms with Crippen LogP contribution in [0.5, 0.6) is 11.5 Å². The van der Waals surface area contributed by atoms with Gasteiger partial charge in [0.2, 0.25) is 5.76 Å². The van der Waals surface area contributed by atoms with Crippen molar-refractivity contribution in [1.82, 2.24) is 5.32 Å². The topological polar surface area (TPSA) is 77.8 Å². The zero-order valence-electron chi connectivity index (χ0n) is 19.0. The summed E-state index contributed by atoms with van der Waals surface area (Å²) in [5, 5.41) is 3.40. The number of hydrogen-bond acceptors (Lipinski definition) is 5. The first-order valence-corrected chi connectivity index (χ1v) is 11.1. The fraction of sp³-hybridized carbons (Fsp3) is 0.385. The second kappa shape index (κ2) is 9.07. The molecule has 6 heteroatoms. The number of carbonyl (C=O) groups is 1. The fourth-order valence-corrected chi connectivity index (χ4v) is 4.35. The second-order valence-electron chi connectivity index (χ2n) is 8.35. The van der Waals surface area contributed by atoms with E-state index >= 15 is 0 Å². The Bertz CT molecular complexity index is 1230.